The lowest BCUT2D eigenvalue weighted by Crippen LogP contribution is -2.43. The van der Waals surface area contributed by atoms with E-state index in [1.54, 1.807) is 11.3 Å². The average molecular weight is 324 g/mol. The number of methoxy groups -OCH3 is 1. The molecule has 22 heavy (non-hydrogen) atoms. The molecule has 0 amide bonds. The fourth-order valence-electron chi connectivity index (χ4n) is 3.09. The molecule has 2 saturated heterocycles. The molecule has 2 fully saturated rings. The third-order valence-electron chi connectivity index (χ3n) is 4.43. The van der Waals surface area contributed by atoms with Crippen molar-refractivity contribution in [1.29, 1.82) is 0 Å². The number of carbonyl (C=O) groups is 1. The maximum Gasteiger partial charge on any atom is 0.308 e. The van der Waals surface area contributed by atoms with Crippen LogP contribution in [0, 0.1) is 5.92 Å². The van der Waals surface area contributed by atoms with Crippen molar-refractivity contribution in [3.8, 4) is 0 Å². The van der Waals surface area contributed by atoms with Crippen molar-refractivity contribution in [3.05, 3.63) is 11.1 Å². The summed E-state index contributed by atoms with van der Waals surface area (Å²) in [4.78, 5) is 21.1. The molecule has 3 heterocycles. The average Bonchev–Trinajstić information content (AvgIpc) is 3.04. The second-order valence-corrected chi connectivity index (χ2v) is 6.77. The topological polar surface area (TPSA) is 57.7 Å². The van der Waals surface area contributed by atoms with E-state index in [9.17, 15) is 4.79 Å². The van der Waals surface area contributed by atoms with Crippen LogP contribution < -0.4 is 10.2 Å². The molecule has 122 valence electrons. The first-order valence-corrected chi connectivity index (χ1v) is 8.84. The fraction of sp³-hybridized carbons (Fsp3) is 0.733. The van der Waals surface area contributed by atoms with E-state index in [-0.39, 0.29) is 11.9 Å². The molecule has 2 aliphatic rings. The van der Waals surface area contributed by atoms with E-state index >= 15 is 0 Å². The minimum atomic E-state index is -0.0608. The molecule has 0 saturated carbocycles. The fourth-order valence-corrected chi connectivity index (χ4v) is 3.96. The van der Waals surface area contributed by atoms with Gasteiger partial charge in [0, 0.05) is 38.1 Å². The molecule has 0 atom stereocenters. The van der Waals surface area contributed by atoms with Crippen LogP contribution in [-0.4, -0.2) is 62.2 Å². The summed E-state index contributed by atoms with van der Waals surface area (Å²) in [6.07, 6.45) is 1.78. The van der Waals surface area contributed by atoms with Gasteiger partial charge in [0.1, 0.15) is 0 Å². The summed E-state index contributed by atoms with van der Waals surface area (Å²) in [5, 5.41) is 6.67. The van der Waals surface area contributed by atoms with Crippen molar-refractivity contribution < 1.29 is 9.53 Å². The minimum absolute atomic E-state index is 0.0608. The Morgan fingerprint density at radius 2 is 2.09 bits per heavy atom. The van der Waals surface area contributed by atoms with Gasteiger partial charge in [0.05, 0.1) is 18.7 Å². The van der Waals surface area contributed by atoms with Gasteiger partial charge < -0.3 is 15.0 Å². The second kappa shape index (κ2) is 7.39. The maximum atomic E-state index is 11.5. The molecule has 6 nitrogen and oxygen atoms in total. The highest BCUT2D eigenvalue weighted by atomic mass is 32.1. The number of rotatable bonds is 4. The quantitative estimate of drug-likeness (QED) is 0.832. The van der Waals surface area contributed by atoms with E-state index in [1.165, 1.54) is 7.11 Å². The third-order valence-corrected chi connectivity index (χ3v) is 5.39. The van der Waals surface area contributed by atoms with Gasteiger partial charge in [-0.3, -0.25) is 9.69 Å². The summed E-state index contributed by atoms with van der Waals surface area (Å²) in [5.41, 5.74) is 1.15. The van der Waals surface area contributed by atoms with Crippen LogP contribution in [0.2, 0.25) is 0 Å². The SMILES string of the molecule is COC(=O)C1CCN(Cc2csc(N3CCNCC3)n2)CC1. The Balaban J connectivity index is 1.50. The molecule has 0 bridgehead atoms. The minimum Gasteiger partial charge on any atom is -0.469 e. The van der Waals surface area contributed by atoms with Gasteiger partial charge in [0.2, 0.25) is 0 Å². The van der Waals surface area contributed by atoms with Crippen LogP contribution in [0.5, 0.6) is 0 Å². The molecular weight excluding hydrogens is 300 g/mol. The molecule has 0 spiro atoms. The summed E-state index contributed by atoms with van der Waals surface area (Å²) in [6.45, 7) is 6.93. The zero-order valence-electron chi connectivity index (χ0n) is 13.1. The molecule has 1 N–H and O–H groups in total. The summed E-state index contributed by atoms with van der Waals surface area (Å²) in [5.74, 6) is 0.0161. The highest BCUT2D eigenvalue weighted by Crippen LogP contribution is 2.24. The molecule has 3 rings (SSSR count). The Kier molecular flexibility index (Phi) is 5.28. The van der Waals surface area contributed by atoms with Crippen molar-refractivity contribution in [2.45, 2.75) is 19.4 Å². The van der Waals surface area contributed by atoms with Gasteiger partial charge in [-0.25, -0.2) is 4.98 Å². The van der Waals surface area contributed by atoms with E-state index in [2.05, 4.69) is 20.5 Å². The first kappa shape index (κ1) is 15.7. The van der Waals surface area contributed by atoms with Gasteiger partial charge in [-0.2, -0.15) is 0 Å². The van der Waals surface area contributed by atoms with E-state index in [0.29, 0.717) is 0 Å². The van der Waals surface area contributed by atoms with Gasteiger partial charge >= 0.3 is 5.97 Å². The molecule has 0 unspecified atom stereocenters. The first-order valence-electron chi connectivity index (χ1n) is 7.96. The highest BCUT2D eigenvalue weighted by Gasteiger charge is 2.26. The number of aromatic nitrogens is 1. The van der Waals surface area contributed by atoms with Crippen molar-refractivity contribution in [2.75, 3.05) is 51.3 Å². The van der Waals surface area contributed by atoms with Crippen LogP contribution in [0.15, 0.2) is 5.38 Å². The van der Waals surface area contributed by atoms with Crippen molar-refractivity contribution in [2.24, 2.45) is 5.92 Å². The maximum absolute atomic E-state index is 11.5. The smallest absolute Gasteiger partial charge is 0.308 e. The number of likely N-dealkylation sites (tertiary alicyclic amines) is 1. The summed E-state index contributed by atoms with van der Waals surface area (Å²) < 4.78 is 4.83. The lowest BCUT2D eigenvalue weighted by atomic mass is 9.97. The molecule has 0 aromatic carbocycles. The summed E-state index contributed by atoms with van der Waals surface area (Å²) in [6, 6.07) is 0. The number of nitrogens with one attached hydrogen (secondary N) is 1. The van der Waals surface area contributed by atoms with Gasteiger partial charge in [0.25, 0.3) is 0 Å². The lowest BCUT2D eigenvalue weighted by Gasteiger charge is -2.30. The van der Waals surface area contributed by atoms with Gasteiger partial charge in [-0.05, 0) is 25.9 Å². The zero-order chi connectivity index (χ0) is 15.4. The number of piperazine rings is 1. The highest BCUT2D eigenvalue weighted by molar-refractivity contribution is 7.13. The van der Waals surface area contributed by atoms with E-state index in [4.69, 9.17) is 9.72 Å². The van der Waals surface area contributed by atoms with Gasteiger partial charge in [-0.1, -0.05) is 0 Å². The number of piperidine rings is 1. The first-order chi connectivity index (χ1) is 10.8. The number of ether oxygens (including phenoxy) is 1. The normalized spacial score (nSPS) is 21.0. The third kappa shape index (κ3) is 3.77. The molecule has 7 heteroatoms. The van der Waals surface area contributed by atoms with Crippen molar-refractivity contribution >= 4 is 22.4 Å². The Hall–Kier alpha value is -1.18. The molecule has 2 aliphatic heterocycles. The van der Waals surface area contributed by atoms with E-state index < -0.39 is 0 Å². The molecule has 0 radical (unpaired) electrons. The number of carbonyl (C=O) groups excluding carboxylic acids is 1. The summed E-state index contributed by atoms with van der Waals surface area (Å²) in [7, 11) is 1.47. The standard InChI is InChI=1S/C15H24N4O2S/c1-21-14(20)12-2-6-18(7-3-12)10-13-11-22-15(17-13)19-8-4-16-5-9-19/h11-12,16H,2-10H2,1H3. The van der Waals surface area contributed by atoms with E-state index in [0.717, 1.165) is 69.5 Å². The Bertz CT molecular complexity index is 493. The second-order valence-electron chi connectivity index (χ2n) is 5.93. The van der Waals surface area contributed by atoms with Crippen LogP contribution in [0.25, 0.3) is 0 Å². The number of thiazole rings is 1. The van der Waals surface area contributed by atoms with Crippen LogP contribution in [0.4, 0.5) is 5.13 Å². The molecule has 1 aromatic rings. The van der Waals surface area contributed by atoms with Crippen LogP contribution in [0.1, 0.15) is 18.5 Å². The number of esters is 1. The lowest BCUT2D eigenvalue weighted by molar-refractivity contribution is -0.147. The van der Waals surface area contributed by atoms with E-state index in [1.807, 2.05) is 0 Å². The van der Waals surface area contributed by atoms with Crippen LogP contribution >= 0.6 is 11.3 Å². The molecular formula is C15H24N4O2S. The van der Waals surface area contributed by atoms with Crippen LogP contribution in [0.3, 0.4) is 0 Å². The number of hydrogen-bond acceptors (Lipinski definition) is 7. The van der Waals surface area contributed by atoms with Crippen molar-refractivity contribution in [1.82, 2.24) is 15.2 Å². The number of nitrogens with zero attached hydrogens (tertiary/aromatic N) is 3. The largest absolute Gasteiger partial charge is 0.469 e. The van der Waals surface area contributed by atoms with Crippen LogP contribution in [-0.2, 0) is 16.1 Å². The van der Waals surface area contributed by atoms with Crippen molar-refractivity contribution in [3.63, 3.8) is 0 Å². The summed E-state index contributed by atoms with van der Waals surface area (Å²) >= 11 is 1.74. The Morgan fingerprint density at radius 3 is 2.77 bits per heavy atom. The Morgan fingerprint density at radius 1 is 1.36 bits per heavy atom. The number of hydrogen-bond donors (Lipinski definition) is 1. The Labute approximate surface area is 135 Å². The number of anilines is 1. The predicted octanol–water partition coefficient (Wildman–Crippen LogP) is 0.938. The molecule has 0 aliphatic carbocycles. The van der Waals surface area contributed by atoms with Gasteiger partial charge in [0.15, 0.2) is 5.13 Å². The predicted molar refractivity (Wildman–Crippen MR) is 87.2 cm³/mol. The monoisotopic (exact) mass is 324 g/mol. The zero-order valence-corrected chi connectivity index (χ0v) is 13.9. The van der Waals surface area contributed by atoms with Gasteiger partial charge in [-0.15, -0.1) is 11.3 Å². The molecule has 1 aromatic heterocycles.